The van der Waals surface area contributed by atoms with E-state index < -0.39 is 9.84 Å². The molecule has 0 saturated heterocycles. The lowest BCUT2D eigenvalue weighted by molar-refractivity contribution is 0.212. The topological polar surface area (TPSA) is 69.2 Å². The molecule has 0 spiro atoms. The second-order valence-electron chi connectivity index (χ2n) is 4.69. The van der Waals surface area contributed by atoms with Gasteiger partial charge in [0.25, 0.3) is 0 Å². The van der Waals surface area contributed by atoms with E-state index in [0.717, 1.165) is 10.8 Å². The van der Waals surface area contributed by atoms with Crippen LogP contribution in [0, 0.1) is 0 Å². The summed E-state index contributed by atoms with van der Waals surface area (Å²) in [6.07, 6.45) is 4.60. The molecule has 0 bridgehead atoms. The van der Waals surface area contributed by atoms with Crippen molar-refractivity contribution in [3.05, 3.63) is 29.7 Å². The highest BCUT2D eigenvalue weighted by atomic mass is 35.5. The summed E-state index contributed by atoms with van der Waals surface area (Å²) in [6, 6.07) is 3.55. The average molecular weight is 315 g/mol. The van der Waals surface area contributed by atoms with E-state index in [9.17, 15) is 8.42 Å². The molecule has 1 atom stereocenters. The third-order valence-corrected chi connectivity index (χ3v) is 3.97. The fraction of sp³-hybridized carbons (Fsp3) is 0.385. The maximum Gasteiger partial charge on any atom is 0.223 e. The van der Waals surface area contributed by atoms with Crippen molar-refractivity contribution in [2.45, 2.75) is 19.4 Å². The van der Waals surface area contributed by atoms with Gasteiger partial charge in [0.15, 0.2) is 0 Å². The maximum atomic E-state index is 11.1. The van der Waals surface area contributed by atoms with Crippen molar-refractivity contribution in [2.75, 3.05) is 12.0 Å². The van der Waals surface area contributed by atoms with Crippen molar-refractivity contribution in [3.63, 3.8) is 0 Å². The van der Waals surface area contributed by atoms with Gasteiger partial charge in [-0.2, -0.15) is 0 Å². The molecule has 108 valence electrons. The van der Waals surface area contributed by atoms with Crippen LogP contribution in [0.3, 0.4) is 0 Å². The normalized spacial score (nSPS) is 13.3. The van der Waals surface area contributed by atoms with Crippen molar-refractivity contribution in [1.29, 1.82) is 0 Å². The summed E-state index contributed by atoms with van der Waals surface area (Å²) in [5, 5.41) is 2.04. The third-order valence-electron chi connectivity index (χ3n) is 2.79. The molecular formula is C13H15ClN2O3S. The second kappa shape index (κ2) is 5.93. The van der Waals surface area contributed by atoms with Gasteiger partial charge in [-0.3, -0.25) is 0 Å². The van der Waals surface area contributed by atoms with E-state index in [2.05, 4.69) is 9.97 Å². The molecule has 0 N–H and O–H groups in total. The molecule has 2 rings (SSSR count). The van der Waals surface area contributed by atoms with Crippen LogP contribution in [0.15, 0.2) is 24.5 Å². The molecule has 0 radical (unpaired) electrons. The molecule has 2 aromatic heterocycles. The number of hydrogen-bond donors (Lipinski definition) is 0. The second-order valence-corrected chi connectivity index (χ2v) is 7.34. The number of rotatable bonds is 5. The molecule has 20 heavy (non-hydrogen) atoms. The van der Waals surface area contributed by atoms with Gasteiger partial charge in [0.1, 0.15) is 15.0 Å². The highest BCUT2D eigenvalue weighted by Crippen LogP contribution is 2.25. The molecule has 0 aliphatic rings. The van der Waals surface area contributed by atoms with E-state index in [4.69, 9.17) is 16.3 Å². The number of sulfone groups is 1. The lowest BCUT2D eigenvalue weighted by atomic mass is 10.2. The van der Waals surface area contributed by atoms with Gasteiger partial charge in [0.05, 0.1) is 17.2 Å². The van der Waals surface area contributed by atoms with Crippen LogP contribution in [0.1, 0.15) is 13.3 Å². The molecule has 0 amide bonds. The first kappa shape index (κ1) is 15.0. The molecule has 0 unspecified atom stereocenters. The molecule has 5 nitrogen and oxygen atoms in total. The number of fused-ring (bicyclic) bond motifs is 1. The zero-order valence-electron chi connectivity index (χ0n) is 11.2. The van der Waals surface area contributed by atoms with Gasteiger partial charge >= 0.3 is 0 Å². The fourth-order valence-electron chi connectivity index (χ4n) is 1.74. The van der Waals surface area contributed by atoms with Crippen LogP contribution in [0.5, 0.6) is 5.88 Å². The largest absolute Gasteiger partial charge is 0.474 e. The van der Waals surface area contributed by atoms with Gasteiger partial charge in [0.2, 0.25) is 5.88 Å². The van der Waals surface area contributed by atoms with Crippen molar-refractivity contribution < 1.29 is 13.2 Å². The Kier molecular flexibility index (Phi) is 4.45. The summed E-state index contributed by atoms with van der Waals surface area (Å²) in [7, 11) is -2.99. The average Bonchev–Trinajstić information content (AvgIpc) is 2.35. The Morgan fingerprint density at radius 1 is 1.40 bits per heavy atom. The number of hydrogen-bond acceptors (Lipinski definition) is 5. The number of ether oxygens (including phenoxy) is 1. The van der Waals surface area contributed by atoms with Crippen molar-refractivity contribution in [1.82, 2.24) is 9.97 Å². The van der Waals surface area contributed by atoms with E-state index in [1.54, 1.807) is 18.5 Å². The van der Waals surface area contributed by atoms with Crippen molar-refractivity contribution in [2.24, 2.45) is 0 Å². The lowest BCUT2D eigenvalue weighted by Crippen LogP contribution is -2.17. The van der Waals surface area contributed by atoms with Crippen molar-refractivity contribution >= 4 is 32.2 Å². The lowest BCUT2D eigenvalue weighted by Gasteiger charge is -2.14. The smallest absolute Gasteiger partial charge is 0.223 e. The van der Waals surface area contributed by atoms with E-state index >= 15 is 0 Å². The van der Waals surface area contributed by atoms with E-state index in [-0.39, 0.29) is 11.9 Å². The minimum Gasteiger partial charge on any atom is -0.474 e. The Bertz CT molecular complexity index is 719. The van der Waals surface area contributed by atoms with Crippen molar-refractivity contribution in [3.8, 4) is 5.88 Å². The monoisotopic (exact) mass is 314 g/mol. The molecule has 2 heterocycles. The van der Waals surface area contributed by atoms with Gasteiger partial charge in [-0.1, -0.05) is 11.6 Å². The van der Waals surface area contributed by atoms with Crippen LogP contribution in [0.25, 0.3) is 10.8 Å². The summed E-state index contributed by atoms with van der Waals surface area (Å²) < 4.78 is 28.0. The van der Waals surface area contributed by atoms with Gasteiger partial charge < -0.3 is 4.74 Å². The quantitative estimate of drug-likeness (QED) is 0.793. The van der Waals surface area contributed by atoms with Crippen LogP contribution in [-0.2, 0) is 9.84 Å². The molecule has 0 aliphatic carbocycles. The molecule has 0 fully saturated rings. The third kappa shape index (κ3) is 4.05. The molecular weight excluding hydrogens is 300 g/mol. The SMILES string of the molecule is C[C@H](CCS(C)(=O)=O)Oc1nccc2cc(Cl)ncc12. The van der Waals surface area contributed by atoms with Crippen LogP contribution in [0.2, 0.25) is 5.15 Å². The standard InChI is InChI=1S/C13H15ClN2O3S/c1-9(4-6-20(2,17)18)19-13-11-8-16-12(14)7-10(11)3-5-15-13/h3,5,7-9H,4,6H2,1-2H3/t9-/m1/s1. The molecule has 7 heteroatoms. The van der Waals surface area contributed by atoms with E-state index in [1.807, 2.05) is 13.0 Å². The Balaban J connectivity index is 2.17. The predicted octanol–water partition coefficient (Wildman–Crippen LogP) is 2.49. The minimum atomic E-state index is -2.99. The summed E-state index contributed by atoms with van der Waals surface area (Å²) in [5.41, 5.74) is 0. The first-order valence-electron chi connectivity index (χ1n) is 6.10. The van der Waals surface area contributed by atoms with Crippen LogP contribution >= 0.6 is 11.6 Å². The summed E-state index contributed by atoms with van der Waals surface area (Å²) >= 11 is 5.84. The van der Waals surface area contributed by atoms with Gasteiger partial charge in [0, 0.05) is 18.6 Å². The molecule has 0 aliphatic heterocycles. The fourth-order valence-corrected chi connectivity index (χ4v) is 2.67. The first-order valence-corrected chi connectivity index (χ1v) is 8.53. The van der Waals surface area contributed by atoms with Gasteiger partial charge in [-0.15, -0.1) is 0 Å². The van der Waals surface area contributed by atoms with Crippen LogP contribution in [-0.4, -0.2) is 36.5 Å². The Morgan fingerprint density at radius 3 is 2.85 bits per heavy atom. The van der Waals surface area contributed by atoms with E-state index in [1.165, 1.54) is 6.26 Å². The summed E-state index contributed by atoms with van der Waals surface area (Å²) in [4.78, 5) is 8.18. The summed E-state index contributed by atoms with van der Waals surface area (Å²) in [6.45, 7) is 1.81. The summed E-state index contributed by atoms with van der Waals surface area (Å²) in [5.74, 6) is 0.524. The predicted molar refractivity (Wildman–Crippen MR) is 79.0 cm³/mol. The number of nitrogens with zero attached hydrogens (tertiary/aromatic N) is 2. The maximum absolute atomic E-state index is 11.1. The highest BCUT2D eigenvalue weighted by molar-refractivity contribution is 7.90. The van der Waals surface area contributed by atoms with E-state index in [0.29, 0.717) is 17.5 Å². The Labute approximate surface area is 122 Å². The molecule has 0 aromatic carbocycles. The number of pyridine rings is 2. The number of aromatic nitrogens is 2. The minimum absolute atomic E-state index is 0.0863. The highest BCUT2D eigenvalue weighted by Gasteiger charge is 2.12. The van der Waals surface area contributed by atoms with Crippen LogP contribution in [0.4, 0.5) is 0 Å². The Morgan fingerprint density at radius 2 is 2.15 bits per heavy atom. The zero-order valence-corrected chi connectivity index (χ0v) is 12.8. The molecule has 2 aromatic rings. The zero-order chi connectivity index (χ0) is 14.8. The van der Waals surface area contributed by atoms with Gasteiger partial charge in [-0.05, 0) is 30.9 Å². The molecule has 0 saturated carbocycles. The Hall–Kier alpha value is -1.40. The van der Waals surface area contributed by atoms with Gasteiger partial charge in [-0.25, -0.2) is 18.4 Å². The first-order chi connectivity index (χ1) is 9.35. The number of halogens is 1. The van der Waals surface area contributed by atoms with Crippen LogP contribution < -0.4 is 4.74 Å².